The fourth-order valence-electron chi connectivity index (χ4n) is 3.62. The van der Waals surface area contributed by atoms with E-state index < -0.39 is 6.10 Å². The molecule has 1 saturated heterocycles. The number of unbranched alkanes of at least 4 members (excludes halogenated alkanes) is 3. The third-order valence-electron chi connectivity index (χ3n) is 5.21. The first kappa shape index (κ1) is 28.9. The predicted octanol–water partition coefficient (Wildman–Crippen LogP) is 2.89. The number of benzene rings is 1. The Bertz CT molecular complexity index is 641. The number of esters is 1. The number of carbonyl (C=O) groups excluding carboxylic acids is 2. The van der Waals surface area contributed by atoms with Crippen LogP contribution in [0.5, 0.6) is 0 Å². The van der Waals surface area contributed by atoms with Crippen LogP contribution >= 0.6 is 0 Å². The van der Waals surface area contributed by atoms with Gasteiger partial charge in [0.1, 0.15) is 0 Å². The summed E-state index contributed by atoms with van der Waals surface area (Å²) in [7, 11) is 1.41. The number of aliphatic hydroxyl groups is 1. The maximum atomic E-state index is 12.4. The zero-order valence-corrected chi connectivity index (χ0v) is 20.5. The van der Waals surface area contributed by atoms with Gasteiger partial charge in [0.2, 0.25) is 5.91 Å². The van der Waals surface area contributed by atoms with Gasteiger partial charge in [-0.1, -0.05) is 55.3 Å². The van der Waals surface area contributed by atoms with E-state index in [-0.39, 0.29) is 55.9 Å². The standard InChI is InChI=1S/C23H33NO4.B.Na/c1-28-23(27)14-7-2-3-8-17-24-20(12-9-13-22(24)26)15-16-21(25)18-19-10-5-4-6-11-19;;/h4-6,10-11,15-16,20-21,25H,2-3,7-9,12-14,17-18H2,1H3;;/b16-15+;;/t20-,21?;;/m1../s1. The van der Waals surface area contributed by atoms with Crippen molar-refractivity contribution in [3.8, 4) is 0 Å². The summed E-state index contributed by atoms with van der Waals surface area (Å²) in [5.74, 6) is 0.0403. The summed E-state index contributed by atoms with van der Waals surface area (Å²) < 4.78 is 4.64. The Morgan fingerprint density at radius 3 is 2.63 bits per heavy atom. The van der Waals surface area contributed by atoms with E-state index in [1.54, 1.807) is 0 Å². The molecule has 0 aliphatic carbocycles. The first-order chi connectivity index (χ1) is 13.6. The first-order valence-electron chi connectivity index (χ1n) is 10.4. The van der Waals surface area contributed by atoms with Gasteiger partial charge in [-0.25, -0.2) is 0 Å². The van der Waals surface area contributed by atoms with E-state index in [9.17, 15) is 14.7 Å². The van der Waals surface area contributed by atoms with Gasteiger partial charge < -0.3 is 14.7 Å². The van der Waals surface area contributed by atoms with Crippen molar-refractivity contribution in [3.63, 3.8) is 0 Å². The van der Waals surface area contributed by atoms with Crippen molar-refractivity contribution >= 4 is 49.8 Å². The van der Waals surface area contributed by atoms with Gasteiger partial charge in [0.05, 0.1) is 19.3 Å². The smallest absolute Gasteiger partial charge is 0.305 e. The van der Waals surface area contributed by atoms with E-state index in [0.29, 0.717) is 19.3 Å². The summed E-state index contributed by atoms with van der Waals surface area (Å²) in [6.45, 7) is 0.737. The minimum atomic E-state index is -0.542. The number of aliphatic hydroxyl groups excluding tert-OH is 1. The Balaban J connectivity index is 0.00000420. The van der Waals surface area contributed by atoms with Crippen molar-refractivity contribution in [1.82, 2.24) is 4.90 Å². The fourth-order valence-corrected chi connectivity index (χ4v) is 3.62. The third-order valence-corrected chi connectivity index (χ3v) is 5.21. The summed E-state index contributed by atoms with van der Waals surface area (Å²) >= 11 is 0. The van der Waals surface area contributed by atoms with Gasteiger partial charge in [0.15, 0.2) is 0 Å². The summed E-state index contributed by atoms with van der Waals surface area (Å²) in [6, 6.07) is 9.99. The molecular formula is C23H33BNNaO4. The van der Waals surface area contributed by atoms with Crippen LogP contribution < -0.4 is 0 Å². The molecule has 1 N–H and O–H groups in total. The molecule has 1 amide bonds. The van der Waals surface area contributed by atoms with Crippen LogP contribution in [0.2, 0.25) is 0 Å². The van der Waals surface area contributed by atoms with Crippen LogP contribution in [-0.4, -0.2) is 85.7 Å². The van der Waals surface area contributed by atoms with Crippen LogP contribution in [0, 0.1) is 0 Å². The number of hydrogen-bond donors (Lipinski definition) is 1. The Labute approximate surface area is 205 Å². The van der Waals surface area contributed by atoms with E-state index in [0.717, 1.165) is 50.6 Å². The number of rotatable bonds is 11. The van der Waals surface area contributed by atoms with Crippen LogP contribution in [0.25, 0.3) is 0 Å². The average molecular weight is 421 g/mol. The molecule has 0 bridgehead atoms. The Morgan fingerprint density at radius 2 is 1.93 bits per heavy atom. The molecule has 1 heterocycles. The van der Waals surface area contributed by atoms with Crippen molar-refractivity contribution in [2.75, 3.05) is 13.7 Å². The molecule has 4 radical (unpaired) electrons. The van der Waals surface area contributed by atoms with Crippen LogP contribution in [-0.2, 0) is 20.7 Å². The second-order valence-corrected chi connectivity index (χ2v) is 7.43. The van der Waals surface area contributed by atoms with Crippen LogP contribution in [0.3, 0.4) is 0 Å². The third kappa shape index (κ3) is 10.8. The number of methoxy groups -OCH3 is 1. The van der Waals surface area contributed by atoms with E-state index >= 15 is 0 Å². The maximum absolute atomic E-state index is 12.4. The fraction of sp³-hybridized carbons (Fsp3) is 0.565. The quantitative estimate of drug-likeness (QED) is 0.258. The molecule has 30 heavy (non-hydrogen) atoms. The van der Waals surface area contributed by atoms with E-state index in [1.807, 2.05) is 47.4 Å². The van der Waals surface area contributed by atoms with Gasteiger partial charge in [-0.15, -0.1) is 0 Å². The molecule has 2 rings (SSSR count). The topological polar surface area (TPSA) is 66.8 Å². The van der Waals surface area contributed by atoms with Crippen molar-refractivity contribution in [2.24, 2.45) is 0 Å². The molecule has 2 atom stereocenters. The number of likely N-dealkylation sites (tertiary alicyclic amines) is 1. The molecular weight excluding hydrogens is 388 g/mol. The number of piperidine rings is 1. The van der Waals surface area contributed by atoms with Crippen LogP contribution in [0.15, 0.2) is 42.5 Å². The number of carbonyl (C=O) groups is 2. The summed E-state index contributed by atoms with van der Waals surface area (Å²) in [5.41, 5.74) is 1.10. The predicted molar refractivity (Wildman–Crippen MR) is 121 cm³/mol. The molecule has 7 heteroatoms. The molecule has 1 fully saturated rings. The molecule has 158 valence electrons. The minimum Gasteiger partial charge on any atom is -0.469 e. The van der Waals surface area contributed by atoms with Gasteiger partial charge in [-0.3, -0.25) is 9.59 Å². The Morgan fingerprint density at radius 1 is 1.23 bits per heavy atom. The van der Waals surface area contributed by atoms with Gasteiger partial charge >= 0.3 is 5.97 Å². The van der Waals surface area contributed by atoms with E-state index in [4.69, 9.17) is 0 Å². The Kier molecular flexibility index (Phi) is 16.0. The summed E-state index contributed by atoms with van der Waals surface area (Å²) in [5, 5.41) is 10.3. The van der Waals surface area contributed by atoms with Crippen molar-refractivity contribution in [1.29, 1.82) is 0 Å². The second kappa shape index (κ2) is 16.6. The molecule has 1 aliphatic rings. The molecule has 1 unspecified atom stereocenters. The van der Waals surface area contributed by atoms with Gasteiger partial charge in [-0.2, -0.15) is 0 Å². The van der Waals surface area contributed by atoms with Crippen molar-refractivity contribution in [2.45, 2.75) is 69.9 Å². The molecule has 1 aromatic carbocycles. The molecule has 1 aromatic rings. The van der Waals surface area contributed by atoms with Crippen LogP contribution in [0.4, 0.5) is 0 Å². The number of hydrogen-bond acceptors (Lipinski definition) is 4. The maximum Gasteiger partial charge on any atom is 0.305 e. The summed E-state index contributed by atoms with van der Waals surface area (Å²) in [6.07, 6.45) is 10.5. The minimum absolute atomic E-state index is 0. The zero-order valence-electron chi connectivity index (χ0n) is 18.5. The molecule has 0 saturated carbocycles. The number of amides is 1. The average Bonchev–Trinajstić information content (AvgIpc) is 2.70. The second-order valence-electron chi connectivity index (χ2n) is 7.43. The van der Waals surface area contributed by atoms with Crippen LogP contribution in [0.1, 0.15) is 56.9 Å². The normalized spacial score (nSPS) is 17.2. The SMILES string of the molecule is COC(=O)CCCCCCN1C(=O)CCC[C@@H]1/C=C/C(O)Cc1ccccc1.[B].[Na]. The number of ether oxygens (including phenoxy) is 1. The molecule has 0 spiro atoms. The van der Waals surface area contributed by atoms with Gasteiger partial charge in [0.25, 0.3) is 0 Å². The van der Waals surface area contributed by atoms with Crippen molar-refractivity contribution < 1.29 is 19.4 Å². The summed E-state index contributed by atoms with van der Waals surface area (Å²) in [4.78, 5) is 25.4. The van der Waals surface area contributed by atoms with E-state index in [1.165, 1.54) is 7.11 Å². The van der Waals surface area contributed by atoms with Gasteiger partial charge in [-0.05, 0) is 31.2 Å². The zero-order chi connectivity index (χ0) is 20.2. The van der Waals surface area contributed by atoms with Gasteiger partial charge in [0, 0.05) is 63.8 Å². The molecule has 5 nitrogen and oxygen atoms in total. The molecule has 0 aromatic heterocycles. The first-order valence-corrected chi connectivity index (χ1v) is 10.4. The van der Waals surface area contributed by atoms with Crippen molar-refractivity contribution in [3.05, 3.63) is 48.0 Å². The number of nitrogens with zero attached hydrogens (tertiary/aromatic N) is 1. The van der Waals surface area contributed by atoms with E-state index in [2.05, 4.69) is 4.74 Å². The Hall–Kier alpha value is -1.08. The molecule has 1 aliphatic heterocycles. The largest absolute Gasteiger partial charge is 0.469 e. The monoisotopic (exact) mass is 421 g/mol.